The van der Waals surface area contributed by atoms with Crippen molar-refractivity contribution in [3.63, 3.8) is 0 Å². The lowest BCUT2D eigenvalue weighted by molar-refractivity contribution is -0.138. The number of carbonyl (C=O) groups is 1. The van der Waals surface area contributed by atoms with Gasteiger partial charge in [0, 0.05) is 30.6 Å². The van der Waals surface area contributed by atoms with Crippen molar-refractivity contribution in [3.8, 4) is 10.6 Å². The van der Waals surface area contributed by atoms with Crippen LogP contribution in [0.25, 0.3) is 10.6 Å². The number of nitrogens with zero attached hydrogens (tertiary/aromatic N) is 2. The predicted molar refractivity (Wildman–Crippen MR) is 100 cm³/mol. The number of aromatic nitrogens is 1. The first kappa shape index (κ1) is 18.9. The van der Waals surface area contributed by atoms with Gasteiger partial charge in [-0.25, -0.2) is 9.37 Å². The molecule has 1 aromatic carbocycles. The van der Waals surface area contributed by atoms with E-state index in [1.807, 2.05) is 24.1 Å². The number of morpholine rings is 1. The summed E-state index contributed by atoms with van der Waals surface area (Å²) in [6.07, 6.45) is 0. The predicted octanol–water partition coefficient (Wildman–Crippen LogP) is 2.92. The number of halogens is 1. The third kappa shape index (κ3) is 4.47. The van der Waals surface area contributed by atoms with Crippen LogP contribution in [-0.4, -0.2) is 48.1 Å². The van der Waals surface area contributed by atoms with E-state index in [2.05, 4.69) is 10.3 Å². The molecule has 2 aromatic rings. The topological polar surface area (TPSA) is 54.5 Å². The molecule has 1 unspecified atom stereocenters. The summed E-state index contributed by atoms with van der Waals surface area (Å²) < 4.78 is 19.2. The molecular formula is C19H24FN3O2S. The molecule has 2 heterocycles. The maximum absolute atomic E-state index is 13.9. The number of benzene rings is 1. The summed E-state index contributed by atoms with van der Waals surface area (Å²) in [5.41, 5.74) is 1.32. The van der Waals surface area contributed by atoms with Crippen molar-refractivity contribution in [2.75, 3.05) is 26.3 Å². The zero-order valence-corrected chi connectivity index (χ0v) is 15.9. The molecule has 0 radical (unpaired) electrons. The standard InChI is InChI=1S/C19H24FN3O2S/c1-13(2)17(19(24)23-7-9-25-10-8-23)21-11-14-12-26-18(22-14)15-5-3-4-6-16(15)20/h3-6,12-13,17,21H,7-11H2,1-2H3. The normalized spacial score (nSPS) is 16.1. The second-order valence-electron chi connectivity index (χ2n) is 6.66. The minimum atomic E-state index is -0.274. The lowest BCUT2D eigenvalue weighted by atomic mass is 10.0. The number of rotatable bonds is 6. The summed E-state index contributed by atoms with van der Waals surface area (Å²) >= 11 is 1.41. The lowest BCUT2D eigenvalue weighted by Gasteiger charge is -2.32. The Hall–Kier alpha value is -1.83. The summed E-state index contributed by atoms with van der Waals surface area (Å²) in [5.74, 6) is -0.00760. The van der Waals surface area contributed by atoms with Gasteiger partial charge in [0.2, 0.25) is 5.91 Å². The zero-order valence-electron chi connectivity index (χ0n) is 15.1. The number of hydrogen-bond acceptors (Lipinski definition) is 5. The smallest absolute Gasteiger partial charge is 0.240 e. The summed E-state index contributed by atoms with van der Waals surface area (Å²) in [7, 11) is 0. The molecule has 3 rings (SSSR count). The Kier molecular flexibility index (Phi) is 6.34. The van der Waals surface area contributed by atoms with Gasteiger partial charge in [0.15, 0.2) is 0 Å². The highest BCUT2D eigenvalue weighted by Crippen LogP contribution is 2.26. The van der Waals surface area contributed by atoms with Crippen molar-refractivity contribution >= 4 is 17.2 Å². The molecular weight excluding hydrogens is 353 g/mol. The van der Waals surface area contributed by atoms with Crippen molar-refractivity contribution in [3.05, 3.63) is 41.2 Å². The van der Waals surface area contributed by atoms with Crippen LogP contribution in [0.3, 0.4) is 0 Å². The Morgan fingerprint density at radius 3 is 2.77 bits per heavy atom. The first-order valence-corrected chi connectivity index (χ1v) is 9.73. The monoisotopic (exact) mass is 377 g/mol. The third-order valence-corrected chi connectivity index (χ3v) is 5.34. The first-order chi connectivity index (χ1) is 12.6. The molecule has 0 aliphatic carbocycles. The highest BCUT2D eigenvalue weighted by molar-refractivity contribution is 7.13. The van der Waals surface area contributed by atoms with E-state index in [9.17, 15) is 9.18 Å². The van der Waals surface area contributed by atoms with Gasteiger partial charge in [-0.1, -0.05) is 26.0 Å². The van der Waals surface area contributed by atoms with Crippen molar-refractivity contribution in [2.24, 2.45) is 5.92 Å². The molecule has 1 aromatic heterocycles. The number of nitrogens with one attached hydrogen (secondary N) is 1. The summed E-state index contributed by atoms with van der Waals surface area (Å²) in [4.78, 5) is 19.1. The van der Waals surface area contributed by atoms with Gasteiger partial charge in [0.1, 0.15) is 10.8 Å². The molecule has 1 fully saturated rings. The fraction of sp³-hybridized carbons (Fsp3) is 0.474. The number of thiazole rings is 1. The van der Waals surface area contributed by atoms with Crippen LogP contribution in [0, 0.1) is 11.7 Å². The average molecular weight is 377 g/mol. The van der Waals surface area contributed by atoms with E-state index in [0.717, 1.165) is 5.69 Å². The highest BCUT2D eigenvalue weighted by atomic mass is 32.1. The van der Waals surface area contributed by atoms with Crippen LogP contribution in [0.1, 0.15) is 19.5 Å². The molecule has 26 heavy (non-hydrogen) atoms. The van der Waals surface area contributed by atoms with E-state index in [0.29, 0.717) is 43.4 Å². The van der Waals surface area contributed by atoms with Crippen LogP contribution in [0.5, 0.6) is 0 Å². The highest BCUT2D eigenvalue weighted by Gasteiger charge is 2.28. The van der Waals surface area contributed by atoms with Gasteiger partial charge < -0.3 is 9.64 Å². The van der Waals surface area contributed by atoms with Crippen LogP contribution in [-0.2, 0) is 16.1 Å². The zero-order chi connectivity index (χ0) is 18.5. The van der Waals surface area contributed by atoms with Crippen LogP contribution >= 0.6 is 11.3 Å². The average Bonchev–Trinajstić information content (AvgIpc) is 3.11. The molecule has 140 valence electrons. The van der Waals surface area contributed by atoms with E-state index in [-0.39, 0.29) is 23.7 Å². The van der Waals surface area contributed by atoms with Crippen LogP contribution in [0.4, 0.5) is 4.39 Å². The second-order valence-corrected chi connectivity index (χ2v) is 7.52. The quantitative estimate of drug-likeness (QED) is 0.841. The maximum Gasteiger partial charge on any atom is 0.240 e. The Morgan fingerprint density at radius 1 is 1.35 bits per heavy atom. The van der Waals surface area contributed by atoms with Gasteiger partial charge in [0.25, 0.3) is 0 Å². The van der Waals surface area contributed by atoms with Crippen molar-refractivity contribution < 1.29 is 13.9 Å². The minimum absolute atomic E-state index is 0.104. The largest absolute Gasteiger partial charge is 0.378 e. The molecule has 1 saturated heterocycles. The van der Waals surface area contributed by atoms with Gasteiger partial charge in [-0.05, 0) is 18.1 Å². The summed E-state index contributed by atoms with van der Waals surface area (Å²) in [6, 6.07) is 6.36. The van der Waals surface area contributed by atoms with Gasteiger partial charge in [-0.3, -0.25) is 10.1 Å². The fourth-order valence-corrected chi connectivity index (χ4v) is 3.80. The molecule has 0 bridgehead atoms. The number of hydrogen-bond donors (Lipinski definition) is 1. The Balaban J connectivity index is 1.64. The van der Waals surface area contributed by atoms with Crippen molar-refractivity contribution in [1.29, 1.82) is 0 Å². The number of carbonyl (C=O) groups excluding carboxylic acids is 1. The van der Waals surface area contributed by atoms with E-state index in [1.54, 1.807) is 18.2 Å². The molecule has 7 heteroatoms. The molecule has 1 N–H and O–H groups in total. The van der Waals surface area contributed by atoms with E-state index >= 15 is 0 Å². The lowest BCUT2D eigenvalue weighted by Crippen LogP contribution is -2.52. The second kappa shape index (κ2) is 8.70. The maximum atomic E-state index is 13.9. The molecule has 1 aliphatic heterocycles. The van der Waals surface area contributed by atoms with Crippen molar-refractivity contribution in [1.82, 2.24) is 15.2 Å². The van der Waals surface area contributed by atoms with Gasteiger partial charge in [-0.2, -0.15) is 0 Å². The molecule has 5 nitrogen and oxygen atoms in total. The Morgan fingerprint density at radius 2 is 2.08 bits per heavy atom. The summed E-state index contributed by atoms with van der Waals surface area (Å²) in [5, 5.41) is 5.89. The van der Waals surface area contributed by atoms with Crippen LogP contribution < -0.4 is 5.32 Å². The SMILES string of the molecule is CC(C)C(NCc1csc(-c2ccccc2F)n1)C(=O)N1CCOCC1. The van der Waals surface area contributed by atoms with Gasteiger partial charge >= 0.3 is 0 Å². The van der Waals surface area contributed by atoms with Crippen LogP contribution in [0.15, 0.2) is 29.6 Å². The molecule has 1 atom stereocenters. The summed E-state index contributed by atoms with van der Waals surface area (Å²) in [6.45, 7) is 6.99. The molecule has 0 saturated carbocycles. The minimum Gasteiger partial charge on any atom is -0.378 e. The number of amides is 1. The Labute approximate surface area is 157 Å². The first-order valence-electron chi connectivity index (χ1n) is 8.85. The van der Waals surface area contributed by atoms with Gasteiger partial charge in [0.05, 0.1) is 24.9 Å². The molecule has 1 amide bonds. The van der Waals surface area contributed by atoms with E-state index in [1.165, 1.54) is 17.4 Å². The Bertz CT molecular complexity index is 744. The van der Waals surface area contributed by atoms with E-state index in [4.69, 9.17) is 4.74 Å². The van der Waals surface area contributed by atoms with E-state index < -0.39 is 0 Å². The third-order valence-electron chi connectivity index (χ3n) is 4.41. The number of ether oxygens (including phenoxy) is 1. The fourth-order valence-electron chi connectivity index (χ4n) is 2.95. The molecule has 0 spiro atoms. The van der Waals surface area contributed by atoms with Gasteiger partial charge in [-0.15, -0.1) is 11.3 Å². The molecule has 1 aliphatic rings. The van der Waals surface area contributed by atoms with Crippen LogP contribution in [0.2, 0.25) is 0 Å². The van der Waals surface area contributed by atoms with Crippen molar-refractivity contribution in [2.45, 2.75) is 26.4 Å².